The van der Waals surface area contributed by atoms with E-state index in [1.54, 1.807) is 0 Å². The molecule has 0 spiro atoms. The average Bonchev–Trinajstić information content (AvgIpc) is 2.30. The van der Waals surface area contributed by atoms with Crippen molar-refractivity contribution >= 4 is 5.69 Å². The van der Waals surface area contributed by atoms with E-state index in [0.29, 0.717) is 13.2 Å². The minimum Gasteiger partial charge on any atom is -0.491 e. The van der Waals surface area contributed by atoms with Crippen molar-refractivity contribution in [3.8, 4) is 5.75 Å². The summed E-state index contributed by atoms with van der Waals surface area (Å²) >= 11 is 0. The first-order valence-corrected chi connectivity index (χ1v) is 5.91. The van der Waals surface area contributed by atoms with Crippen molar-refractivity contribution in [2.24, 2.45) is 0 Å². The van der Waals surface area contributed by atoms with Crippen LogP contribution in [0.25, 0.3) is 0 Å². The van der Waals surface area contributed by atoms with Gasteiger partial charge in [0.05, 0.1) is 25.9 Å². The van der Waals surface area contributed by atoms with Gasteiger partial charge in [-0.05, 0) is 38.1 Å². The third kappa shape index (κ3) is 6.14. The lowest BCUT2D eigenvalue weighted by Crippen LogP contribution is -2.11. The van der Waals surface area contributed by atoms with Crippen LogP contribution in [0.2, 0.25) is 0 Å². The Labute approximate surface area is 103 Å². The Kier molecular flexibility index (Phi) is 6.43. The Morgan fingerprint density at radius 1 is 1.18 bits per heavy atom. The van der Waals surface area contributed by atoms with E-state index in [4.69, 9.17) is 14.6 Å². The number of anilines is 1. The summed E-state index contributed by atoms with van der Waals surface area (Å²) in [6.07, 6.45) is 0.195. The van der Waals surface area contributed by atoms with E-state index in [9.17, 15) is 0 Å². The minimum absolute atomic E-state index is 0.0707. The largest absolute Gasteiger partial charge is 0.491 e. The molecule has 0 radical (unpaired) electrons. The van der Waals surface area contributed by atoms with Gasteiger partial charge >= 0.3 is 0 Å². The van der Waals surface area contributed by atoms with Crippen LogP contribution in [0.15, 0.2) is 24.3 Å². The third-order valence-electron chi connectivity index (χ3n) is 2.04. The zero-order valence-corrected chi connectivity index (χ0v) is 10.5. The molecule has 1 aromatic rings. The smallest absolute Gasteiger partial charge is 0.119 e. The van der Waals surface area contributed by atoms with E-state index in [0.717, 1.165) is 18.0 Å². The summed E-state index contributed by atoms with van der Waals surface area (Å²) in [4.78, 5) is 0. The SMILES string of the molecule is CC(C)Oc1ccc(NCCOCCO)cc1. The molecule has 0 heterocycles. The molecule has 4 nitrogen and oxygen atoms in total. The second kappa shape index (κ2) is 7.92. The highest BCUT2D eigenvalue weighted by atomic mass is 16.5. The minimum atomic E-state index is 0.0707. The fourth-order valence-corrected chi connectivity index (χ4v) is 1.36. The first kappa shape index (κ1) is 13.8. The number of aliphatic hydroxyl groups excluding tert-OH is 1. The summed E-state index contributed by atoms with van der Waals surface area (Å²) in [5, 5.41) is 11.7. The molecule has 0 aliphatic rings. The van der Waals surface area contributed by atoms with Crippen LogP contribution in [0, 0.1) is 0 Å². The van der Waals surface area contributed by atoms with Gasteiger partial charge in [0.2, 0.25) is 0 Å². The highest BCUT2D eigenvalue weighted by Gasteiger charge is 1.97. The maximum Gasteiger partial charge on any atom is 0.119 e. The van der Waals surface area contributed by atoms with Crippen molar-refractivity contribution in [2.45, 2.75) is 20.0 Å². The summed E-state index contributed by atoms with van der Waals surface area (Å²) < 4.78 is 10.7. The fourth-order valence-electron chi connectivity index (χ4n) is 1.36. The summed E-state index contributed by atoms with van der Waals surface area (Å²) in [5.74, 6) is 0.877. The molecule has 96 valence electrons. The number of hydrogen-bond donors (Lipinski definition) is 2. The van der Waals surface area contributed by atoms with Crippen LogP contribution >= 0.6 is 0 Å². The molecule has 0 atom stereocenters. The molecule has 0 saturated heterocycles. The van der Waals surface area contributed by atoms with Gasteiger partial charge in [-0.25, -0.2) is 0 Å². The van der Waals surface area contributed by atoms with E-state index in [1.165, 1.54) is 0 Å². The standard InChI is InChI=1S/C13H21NO3/c1-11(2)17-13-5-3-12(4-6-13)14-7-9-16-10-8-15/h3-6,11,14-15H,7-10H2,1-2H3. The van der Waals surface area contributed by atoms with Gasteiger partial charge in [0, 0.05) is 12.2 Å². The van der Waals surface area contributed by atoms with Crippen molar-refractivity contribution < 1.29 is 14.6 Å². The molecule has 0 aliphatic heterocycles. The van der Waals surface area contributed by atoms with Crippen molar-refractivity contribution in [3.63, 3.8) is 0 Å². The van der Waals surface area contributed by atoms with Gasteiger partial charge in [-0.15, -0.1) is 0 Å². The topological polar surface area (TPSA) is 50.7 Å². The van der Waals surface area contributed by atoms with Gasteiger partial charge in [-0.3, -0.25) is 0 Å². The Balaban J connectivity index is 2.25. The second-order valence-corrected chi connectivity index (χ2v) is 3.95. The van der Waals surface area contributed by atoms with Gasteiger partial charge in [-0.2, -0.15) is 0 Å². The molecule has 0 fully saturated rings. The molecule has 4 heteroatoms. The summed E-state index contributed by atoms with van der Waals surface area (Å²) in [5.41, 5.74) is 1.04. The molecule has 1 rings (SSSR count). The quantitative estimate of drug-likeness (QED) is 0.680. The first-order valence-electron chi connectivity index (χ1n) is 5.91. The molecular formula is C13H21NO3. The van der Waals surface area contributed by atoms with Crippen LogP contribution in [0.5, 0.6) is 5.75 Å². The van der Waals surface area contributed by atoms with Crippen LogP contribution in [-0.2, 0) is 4.74 Å². The molecule has 0 aliphatic carbocycles. The lowest BCUT2D eigenvalue weighted by molar-refractivity contribution is 0.0992. The first-order chi connectivity index (χ1) is 8.22. The van der Waals surface area contributed by atoms with Crippen LogP contribution in [0.1, 0.15) is 13.8 Å². The highest BCUT2D eigenvalue weighted by molar-refractivity contribution is 5.46. The third-order valence-corrected chi connectivity index (χ3v) is 2.04. The average molecular weight is 239 g/mol. The number of aliphatic hydroxyl groups is 1. The zero-order chi connectivity index (χ0) is 12.5. The Morgan fingerprint density at radius 3 is 2.47 bits per heavy atom. The molecule has 0 saturated carbocycles. The lowest BCUT2D eigenvalue weighted by Gasteiger charge is -2.11. The number of nitrogens with one attached hydrogen (secondary N) is 1. The van der Waals surface area contributed by atoms with Crippen molar-refractivity contribution in [2.75, 3.05) is 31.7 Å². The van der Waals surface area contributed by atoms with Crippen LogP contribution in [0.4, 0.5) is 5.69 Å². The molecular weight excluding hydrogens is 218 g/mol. The fraction of sp³-hybridized carbons (Fsp3) is 0.538. The maximum absolute atomic E-state index is 8.53. The molecule has 17 heavy (non-hydrogen) atoms. The summed E-state index contributed by atoms with van der Waals surface area (Å²) in [6, 6.07) is 7.83. The molecule has 0 unspecified atom stereocenters. The Hall–Kier alpha value is -1.26. The van der Waals surface area contributed by atoms with Gasteiger partial charge in [0.1, 0.15) is 5.75 Å². The number of ether oxygens (including phenoxy) is 2. The number of rotatable bonds is 8. The highest BCUT2D eigenvalue weighted by Crippen LogP contribution is 2.16. The van der Waals surface area contributed by atoms with Gasteiger partial charge in [0.15, 0.2) is 0 Å². The number of hydrogen-bond acceptors (Lipinski definition) is 4. The van der Waals surface area contributed by atoms with Gasteiger partial charge < -0.3 is 19.9 Å². The predicted octanol–water partition coefficient (Wildman–Crippen LogP) is 1.89. The van der Waals surface area contributed by atoms with Crippen molar-refractivity contribution in [1.82, 2.24) is 0 Å². The molecule has 2 N–H and O–H groups in total. The maximum atomic E-state index is 8.53. The van der Waals surface area contributed by atoms with Gasteiger partial charge in [-0.1, -0.05) is 0 Å². The van der Waals surface area contributed by atoms with E-state index >= 15 is 0 Å². The predicted molar refractivity (Wildman–Crippen MR) is 68.6 cm³/mol. The molecule has 0 bridgehead atoms. The van der Waals surface area contributed by atoms with Crippen molar-refractivity contribution in [1.29, 1.82) is 0 Å². The van der Waals surface area contributed by atoms with E-state index in [1.807, 2.05) is 38.1 Å². The lowest BCUT2D eigenvalue weighted by atomic mass is 10.3. The monoisotopic (exact) mass is 239 g/mol. The number of benzene rings is 1. The summed E-state index contributed by atoms with van der Waals surface area (Å²) in [7, 11) is 0. The van der Waals surface area contributed by atoms with E-state index in [2.05, 4.69) is 5.32 Å². The van der Waals surface area contributed by atoms with Crippen LogP contribution in [0.3, 0.4) is 0 Å². The zero-order valence-electron chi connectivity index (χ0n) is 10.5. The van der Waals surface area contributed by atoms with Gasteiger partial charge in [0.25, 0.3) is 0 Å². The molecule has 0 amide bonds. The molecule has 1 aromatic carbocycles. The van der Waals surface area contributed by atoms with Crippen LogP contribution < -0.4 is 10.1 Å². The second-order valence-electron chi connectivity index (χ2n) is 3.95. The van der Waals surface area contributed by atoms with E-state index < -0.39 is 0 Å². The Morgan fingerprint density at radius 2 is 1.88 bits per heavy atom. The Bertz CT molecular complexity index is 298. The van der Waals surface area contributed by atoms with Crippen LogP contribution in [-0.4, -0.2) is 37.6 Å². The summed E-state index contributed by atoms with van der Waals surface area (Å²) in [6.45, 7) is 5.79. The van der Waals surface area contributed by atoms with E-state index in [-0.39, 0.29) is 12.7 Å². The normalized spacial score (nSPS) is 10.6. The van der Waals surface area contributed by atoms with Crippen molar-refractivity contribution in [3.05, 3.63) is 24.3 Å². The molecule has 0 aromatic heterocycles.